The molecule has 1 unspecified atom stereocenters. The van der Waals surface area contributed by atoms with Gasteiger partial charge in [0.1, 0.15) is 10.7 Å². The molecular weight excluding hydrogens is 381 g/mol. The highest BCUT2D eigenvalue weighted by atomic mass is 32.2. The Kier molecular flexibility index (Phi) is 5.97. The van der Waals surface area contributed by atoms with Gasteiger partial charge in [0.15, 0.2) is 0 Å². The summed E-state index contributed by atoms with van der Waals surface area (Å²) < 4.78 is 64.7. The number of alkyl halides is 3. The van der Waals surface area contributed by atoms with Gasteiger partial charge in [-0.3, -0.25) is 4.90 Å². The molecule has 2 aliphatic heterocycles. The zero-order chi connectivity index (χ0) is 19.7. The van der Waals surface area contributed by atoms with Crippen molar-refractivity contribution in [2.24, 2.45) is 0 Å². The second kappa shape index (κ2) is 7.92. The molecule has 0 spiro atoms. The Morgan fingerprint density at radius 1 is 1.11 bits per heavy atom. The fourth-order valence-corrected chi connectivity index (χ4v) is 5.10. The summed E-state index contributed by atoms with van der Waals surface area (Å²) in [5.41, 5.74) is 0. The van der Waals surface area contributed by atoms with Crippen LogP contribution in [0.3, 0.4) is 0 Å². The maximum atomic E-state index is 12.7. The van der Waals surface area contributed by atoms with Crippen LogP contribution < -0.4 is 4.90 Å². The van der Waals surface area contributed by atoms with E-state index in [0.29, 0.717) is 32.0 Å². The van der Waals surface area contributed by atoms with Crippen LogP contribution in [-0.2, 0) is 10.0 Å². The van der Waals surface area contributed by atoms with E-state index in [1.54, 1.807) is 19.1 Å². The molecule has 0 N–H and O–H groups in total. The third-order valence-electron chi connectivity index (χ3n) is 5.14. The average Bonchev–Trinajstić information content (AvgIpc) is 2.63. The topological polar surface area (TPSA) is 56.8 Å². The first-order valence-electron chi connectivity index (χ1n) is 9.19. The summed E-state index contributed by atoms with van der Waals surface area (Å²) in [5, 5.41) is 0. The minimum absolute atomic E-state index is 0.164. The van der Waals surface area contributed by atoms with Crippen molar-refractivity contribution in [3.63, 3.8) is 0 Å². The summed E-state index contributed by atoms with van der Waals surface area (Å²) >= 11 is 0. The Labute approximate surface area is 158 Å². The van der Waals surface area contributed by atoms with Crippen LogP contribution in [0.1, 0.15) is 26.2 Å². The summed E-state index contributed by atoms with van der Waals surface area (Å²) in [5.74, 6) is 0.589. The summed E-state index contributed by atoms with van der Waals surface area (Å²) in [6.45, 7) is 3.03. The lowest BCUT2D eigenvalue weighted by Gasteiger charge is -2.40. The maximum absolute atomic E-state index is 12.7. The zero-order valence-corrected chi connectivity index (χ0v) is 16.1. The van der Waals surface area contributed by atoms with E-state index in [0.717, 1.165) is 19.3 Å². The van der Waals surface area contributed by atoms with Gasteiger partial charge in [-0.2, -0.15) is 17.5 Å². The van der Waals surface area contributed by atoms with Crippen molar-refractivity contribution in [1.29, 1.82) is 0 Å². The number of piperazine rings is 1. The Hall–Kier alpha value is -1.39. The second-order valence-corrected chi connectivity index (χ2v) is 9.14. The van der Waals surface area contributed by atoms with Gasteiger partial charge >= 0.3 is 6.18 Å². The number of pyridine rings is 1. The summed E-state index contributed by atoms with van der Waals surface area (Å²) in [6.07, 6.45) is -0.0808. The quantitative estimate of drug-likeness (QED) is 0.768. The second-order valence-electron chi connectivity index (χ2n) is 7.20. The van der Waals surface area contributed by atoms with Crippen molar-refractivity contribution in [3.8, 4) is 0 Å². The highest BCUT2D eigenvalue weighted by molar-refractivity contribution is 7.89. The Bertz CT molecular complexity index is 734. The molecule has 152 valence electrons. The van der Waals surface area contributed by atoms with Crippen molar-refractivity contribution in [2.45, 2.75) is 43.3 Å². The predicted octanol–water partition coefficient (Wildman–Crippen LogP) is 2.33. The van der Waals surface area contributed by atoms with E-state index in [-0.39, 0.29) is 17.5 Å². The monoisotopic (exact) mass is 406 g/mol. The molecule has 6 nitrogen and oxygen atoms in total. The lowest BCUT2D eigenvalue weighted by molar-refractivity contribution is -0.150. The van der Waals surface area contributed by atoms with Crippen LogP contribution in [0.25, 0.3) is 0 Å². The van der Waals surface area contributed by atoms with Crippen molar-refractivity contribution < 1.29 is 21.6 Å². The largest absolute Gasteiger partial charge is 0.401 e. The van der Waals surface area contributed by atoms with Crippen molar-refractivity contribution in [1.82, 2.24) is 14.2 Å². The highest BCUT2D eigenvalue weighted by Crippen LogP contribution is 2.24. The summed E-state index contributed by atoms with van der Waals surface area (Å²) in [6, 6.07) is 2.92. The molecule has 0 saturated carbocycles. The third-order valence-corrected chi connectivity index (χ3v) is 7.03. The molecule has 1 aromatic rings. The normalized spacial score (nSPS) is 23.6. The SMILES string of the molecule is CC1CN(c2ccc(S(=O)(=O)N3CCCCC3)cn2)CCN1CC(F)(F)F. The molecule has 0 bridgehead atoms. The van der Waals surface area contributed by atoms with Gasteiger partial charge in [-0.15, -0.1) is 0 Å². The molecule has 0 radical (unpaired) electrons. The van der Waals surface area contributed by atoms with Gasteiger partial charge in [0.2, 0.25) is 10.0 Å². The van der Waals surface area contributed by atoms with E-state index in [1.165, 1.54) is 15.4 Å². The van der Waals surface area contributed by atoms with Gasteiger partial charge in [0, 0.05) is 45.0 Å². The number of nitrogens with zero attached hydrogens (tertiary/aromatic N) is 4. The minimum Gasteiger partial charge on any atom is -0.354 e. The van der Waals surface area contributed by atoms with Crippen LogP contribution in [-0.4, -0.2) is 74.1 Å². The van der Waals surface area contributed by atoms with Crippen LogP contribution >= 0.6 is 0 Å². The number of anilines is 1. The minimum atomic E-state index is -4.21. The van der Waals surface area contributed by atoms with E-state index < -0.39 is 22.7 Å². The fourth-order valence-electron chi connectivity index (χ4n) is 3.63. The number of rotatable bonds is 4. The molecule has 2 fully saturated rings. The smallest absolute Gasteiger partial charge is 0.354 e. The van der Waals surface area contributed by atoms with Gasteiger partial charge < -0.3 is 4.90 Å². The lowest BCUT2D eigenvalue weighted by atomic mass is 10.2. The van der Waals surface area contributed by atoms with Crippen LogP contribution in [0.5, 0.6) is 0 Å². The van der Waals surface area contributed by atoms with E-state index in [4.69, 9.17) is 0 Å². The Morgan fingerprint density at radius 2 is 1.81 bits per heavy atom. The predicted molar refractivity (Wildman–Crippen MR) is 96.1 cm³/mol. The molecule has 3 rings (SSSR count). The molecule has 1 atom stereocenters. The summed E-state index contributed by atoms with van der Waals surface area (Å²) in [4.78, 5) is 7.75. The van der Waals surface area contributed by atoms with Crippen molar-refractivity contribution in [2.75, 3.05) is 44.2 Å². The molecule has 3 heterocycles. The zero-order valence-electron chi connectivity index (χ0n) is 15.3. The number of aromatic nitrogens is 1. The van der Waals surface area contributed by atoms with Gasteiger partial charge in [0.25, 0.3) is 0 Å². The Morgan fingerprint density at radius 3 is 2.37 bits per heavy atom. The third kappa shape index (κ3) is 4.91. The molecule has 27 heavy (non-hydrogen) atoms. The molecule has 2 saturated heterocycles. The Balaban J connectivity index is 1.66. The van der Waals surface area contributed by atoms with Crippen LogP contribution in [0.4, 0.5) is 19.0 Å². The van der Waals surface area contributed by atoms with Gasteiger partial charge in [-0.25, -0.2) is 13.4 Å². The molecule has 10 heteroatoms. The fraction of sp³-hybridized carbons (Fsp3) is 0.706. The van der Waals surface area contributed by atoms with E-state index in [2.05, 4.69) is 4.98 Å². The lowest BCUT2D eigenvalue weighted by Crippen LogP contribution is -2.54. The maximum Gasteiger partial charge on any atom is 0.401 e. The molecule has 2 aliphatic rings. The van der Waals surface area contributed by atoms with Crippen molar-refractivity contribution >= 4 is 15.8 Å². The van der Waals surface area contributed by atoms with Gasteiger partial charge in [-0.1, -0.05) is 6.42 Å². The number of halogens is 3. The number of hydrogen-bond acceptors (Lipinski definition) is 5. The summed E-state index contributed by atoms with van der Waals surface area (Å²) in [7, 11) is -3.53. The first-order chi connectivity index (χ1) is 12.7. The number of piperidine rings is 1. The van der Waals surface area contributed by atoms with Crippen LogP contribution in [0.15, 0.2) is 23.2 Å². The molecule has 0 aliphatic carbocycles. The standard InChI is InChI=1S/C17H25F3N4O2S/c1-14-12-22(9-10-23(14)13-17(18,19)20)16-6-5-15(11-21-16)27(25,26)24-7-3-2-4-8-24/h5-6,11,14H,2-4,7-10,12-13H2,1H3. The molecular formula is C17H25F3N4O2S. The highest BCUT2D eigenvalue weighted by Gasteiger charge is 2.35. The van der Waals surface area contributed by atoms with Crippen molar-refractivity contribution in [3.05, 3.63) is 18.3 Å². The van der Waals surface area contributed by atoms with Gasteiger partial charge in [-0.05, 0) is 31.9 Å². The number of sulfonamides is 1. The number of hydrogen-bond donors (Lipinski definition) is 0. The van der Waals surface area contributed by atoms with E-state index >= 15 is 0 Å². The van der Waals surface area contributed by atoms with Gasteiger partial charge in [0.05, 0.1) is 6.54 Å². The molecule has 0 amide bonds. The first kappa shape index (κ1) is 20.3. The molecule has 0 aromatic carbocycles. The average molecular weight is 406 g/mol. The van der Waals surface area contributed by atoms with Crippen LogP contribution in [0, 0.1) is 0 Å². The molecule has 1 aromatic heterocycles. The van der Waals surface area contributed by atoms with E-state index in [1.807, 2.05) is 4.90 Å². The first-order valence-corrected chi connectivity index (χ1v) is 10.6. The van der Waals surface area contributed by atoms with Crippen LogP contribution in [0.2, 0.25) is 0 Å². The van der Waals surface area contributed by atoms with E-state index in [9.17, 15) is 21.6 Å².